The Kier molecular flexibility index (Phi) is 11.0. The molecule has 0 N–H and O–H groups in total. The molecule has 0 aromatic heterocycles. The van der Waals surface area contributed by atoms with Gasteiger partial charge in [-0.3, -0.25) is 0 Å². The molecule has 0 amide bonds. The van der Waals surface area contributed by atoms with E-state index >= 15 is 26.3 Å². The second kappa shape index (κ2) is 13.8. The maximum absolute atomic E-state index is 16.7. The Morgan fingerprint density at radius 3 is 1.49 bits per heavy atom. The predicted octanol–water partition coefficient (Wildman–Crippen LogP) is 13.5. The van der Waals surface area contributed by atoms with Gasteiger partial charge in [0.1, 0.15) is 11.6 Å². The SMILES string of the molecule is CCCCCCC(C)(C)C[Si](C[Si](CC)(CC)CC)(Oc1c(F)c2c(F)c(F)c3c(F)cc(F)c4c(F)c(F)c(c1F)c2c34)C(C)C. The Hall–Kier alpha value is -2.41. The molecule has 0 aliphatic rings. The Balaban J connectivity index is 2.08. The van der Waals surface area contributed by atoms with E-state index in [1.54, 1.807) is 0 Å². The van der Waals surface area contributed by atoms with Gasteiger partial charge < -0.3 is 4.43 Å². The molecule has 0 saturated heterocycles. The van der Waals surface area contributed by atoms with Gasteiger partial charge in [0, 0.05) is 16.8 Å². The number of hydrogen-bond donors (Lipinski definition) is 0. The van der Waals surface area contributed by atoms with E-state index in [1.807, 2.05) is 13.8 Å². The molecule has 0 spiro atoms. The maximum atomic E-state index is 16.7. The molecule has 1 atom stereocenters. The summed E-state index contributed by atoms with van der Waals surface area (Å²) < 4.78 is 132. The van der Waals surface area contributed by atoms with E-state index in [-0.39, 0.29) is 17.0 Å². The van der Waals surface area contributed by atoms with Gasteiger partial charge in [0.2, 0.25) is 0 Å². The molecular weight excluding hydrogens is 657 g/mol. The topological polar surface area (TPSA) is 9.23 Å². The highest BCUT2D eigenvalue weighted by atomic mass is 28.4. The fourth-order valence-corrected chi connectivity index (χ4v) is 22.8. The maximum Gasteiger partial charge on any atom is 0.252 e. The van der Waals surface area contributed by atoms with Crippen molar-refractivity contribution in [3.05, 3.63) is 52.6 Å². The zero-order valence-corrected chi connectivity index (χ0v) is 30.7. The van der Waals surface area contributed by atoms with Crippen LogP contribution in [0.15, 0.2) is 6.07 Å². The quantitative estimate of drug-likeness (QED) is 0.0519. The molecule has 11 heteroatoms. The molecule has 0 radical (unpaired) electrons. The highest BCUT2D eigenvalue weighted by Crippen LogP contribution is 2.51. The molecule has 4 rings (SSSR count). The summed E-state index contributed by atoms with van der Waals surface area (Å²) in [6, 6.07) is 3.26. The van der Waals surface area contributed by atoms with Gasteiger partial charge in [-0.15, -0.1) is 0 Å². The molecule has 1 nitrogen and oxygen atoms in total. The van der Waals surface area contributed by atoms with Crippen LogP contribution in [-0.2, 0) is 0 Å². The summed E-state index contributed by atoms with van der Waals surface area (Å²) in [6.07, 6.45) is 4.96. The zero-order chi connectivity index (χ0) is 35.2. The molecule has 0 aliphatic heterocycles. The van der Waals surface area contributed by atoms with E-state index in [4.69, 9.17) is 4.43 Å². The standard InChI is InChI=1S/C36H46F8OSi2/c1-9-13-14-15-16-36(7,8)18-47(20(5)6,19-46(10-2,11-3)12-4)45-35-33(43)27-26-25-23(29(39)31(27)41)21(37)17-22(38)24(25)30(40)32(42)28(26)34(35)44/h17,20H,9-16,18-19H2,1-8H3. The van der Waals surface area contributed by atoms with Gasteiger partial charge >= 0.3 is 0 Å². The van der Waals surface area contributed by atoms with Crippen LogP contribution in [0.2, 0.25) is 35.4 Å². The number of hydrogen-bond acceptors (Lipinski definition) is 1. The second-order valence-corrected chi connectivity index (χ2v) is 24.9. The number of rotatable bonds is 15. The van der Waals surface area contributed by atoms with Crippen LogP contribution in [0.5, 0.6) is 5.75 Å². The average molecular weight is 703 g/mol. The van der Waals surface area contributed by atoms with Crippen molar-refractivity contribution < 1.29 is 39.5 Å². The third kappa shape index (κ3) is 6.40. The minimum atomic E-state index is -3.31. The first-order chi connectivity index (χ1) is 22.0. The van der Waals surface area contributed by atoms with Crippen LogP contribution in [0.4, 0.5) is 35.1 Å². The lowest BCUT2D eigenvalue weighted by atomic mass is 9.89. The summed E-state index contributed by atoms with van der Waals surface area (Å²) in [5.41, 5.74) is 0.102. The second-order valence-electron chi connectivity index (χ2n) is 14.5. The molecule has 47 heavy (non-hydrogen) atoms. The summed E-state index contributed by atoms with van der Waals surface area (Å²) >= 11 is 0. The van der Waals surface area contributed by atoms with Crippen molar-refractivity contribution in [2.45, 2.75) is 123 Å². The fourth-order valence-electron chi connectivity index (χ4n) is 7.71. The first-order valence-corrected chi connectivity index (χ1v) is 22.1. The smallest absolute Gasteiger partial charge is 0.252 e. The van der Waals surface area contributed by atoms with Crippen LogP contribution >= 0.6 is 0 Å². The third-order valence-electron chi connectivity index (χ3n) is 10.8. The molecule has 260 valence electrons. The summed E-state index contributed by atoms with van der Waals surface area (Å²) in [5.74, 6) is -15.3. The molecule has 4 aromatic carbocycles. The summed E-state index contributed by atoms with van der Waals surface area (Å²) in [4.78, 5) is 0. The minimum Gasteiger partial charge on any atom is -0.540 e. The first kappa shape index (κ1) is 37.4. The molecular formula is C36H46F8OSi2. The van der Waals surface area contributed by atoms with E-state index in [2.05, 4.69) is 41.5 Å². The van der Waals surface area contributed by atoms with Crippen molar-refractivity contribution in [1.29, 1.82) is 0 Å². The highest BCUT2D eigenvalue weighted by Gasteiger charge is 2.51. The Labute approximate surface area is 274 Å². The number of unbranched alkanes of at least 4 members (excludes halogenated alkanes) is 3. The zero-order valence-electron chi connectivity index (χ0n) is 28.7. The molecule has 0 heterocycles. The van der Waals surface area contributed by atoms with E-state index in [0.29, 0.717) is 11.7 Å². The molecule has 0 bridgehead atoms. The van der Waals surface area contributed by atoms with Crippen molar-refractivity contribution in [3.8, 4) is 5.75 Å². The average Bonchev–Trinajstić information content (AvgIpc) is 3.01. The van der Waals surface area contributed by atoms with Crippen LogP contribution in [-0.4, -0.2) is 16.4 Å². The lowest BCUT2D eigenvalue weighted by molar-refractivity contribution is 0.329. The Morgan fingerprint density at radius 2 is 1.06 bits per heavy atom. The van der Waals surface area contributed by atoms with Crippen LogP contribution in [0, 0.1) is 52.0 Å². The van der Waals surface area contributed by atoms with Gasteiger partial charge in [-0.1, -0.05) is 99.2 Å². The molecule has 1 unspecified atom stereocenters. The van der Waals surface area contributed by atoms with Crippen molar-refractivity contribution in [2.24, 2.45) is 5.41 Å². The van der Waals surface area contributed by atoms with Gasteiger partial charge in [-0.2, -0.15) is 0 Å². The van der Waals surface area contributed by atoms with Crippen LogP contribution in [0.3, 0.4) is 0 Å². The van der Waals surface area contributed by atoms with Gasteiger partial charge in [0.15, 0.2) is 40.7 Å². The molecule has 0 aliphatic carbocycles. The van der Waals surface area contributed by atoms with Crippen molar-refractivity contribution in [2.75, 3.05) is 0 Å². The van der Waals surface area contributed by atoms with Crippen molar-refractivity contribution in [1.82, 2.24) is 0 Å². The van der Waals surface area contributed by atoms with Gasteiger partial charge in [-0.05, 0) is 29.1 Å². The number of benzene rings is 4. The monoisotopic (exact) mass is 702 g/mol. The van der Waals surface area contributed by atoms with Gasteiger partial charge in [0.25, 0.3) is 8.32 Å². The van der Waals surface area contributed by atoms with E-state index in [1.165, 1.54) is 0 Å². The first-order valence-electron chi connectivity index (χ1n) is 16.8. The van der Waals surface area contributed by atoms with Crippen molar-refractivity contribution in [3.63, 3.8) is 0 Å². The summed E-state index contributed by atoms with van der Waals surface area (Å²) in [5, 5.41) is -6.84. The van der Waals surface area contributed by atoms with Crippen LogP contribution in [0.25, 0.3) is 32.3 Å². The summed E-state index contributed by atoms with van der Waals surface area (Å²) in [7, 11) is -5.39. The van der Waals surface area contributed by atoms with Gasteiger partial charge in [0.05, 0.1) is 29.6 Å². The fraction of sp³-hybridized carbons (Fsp3) is 0.556. The number of halogens is 8. The highest BCUT2D eigenvalue weighted by molar-refractivity contribution is 6.95. The molecule has 0 fully saturated rings. The van der Waals surface area contributed by atoms with Crippen molar-refractivity contribution >= 4 is 48.7 Å². The largest absolute Gasteiger partial charge is 0.540 e. The van der Waals surface area contributed by atoms with Crippen LogP contribution in [0.1, 0.15) is 87.5 Å². The van der Waals surface area contributed by atoms with E-state index < -0.39 is 101 Å². The third-order valence-corrected chi connectivity index (χ3v) is 25.0. The Bertz CT molecular complexity index is 1670. The summed E-state index contributed by atoms with van der Waals surface area (Å²) in [6.45, 7) is 16.5. The predicted molar refractivity (Wildman–Crippen MR) is 181 cm³/mol. The minimum absolute atomic E-state index is 0.0893. The molecule has 0 saturated carbocycles. The van der Waals surface area contributed by atoms with E-state index in [0.717, 1.165) is 50.2 Å². The lowest BCUT2D eigenvalue weighted by Gasteiger charge is -2.46. The lowest BCUT2D eigenvalue weighted by Crippen LogP contribution is -2.55. The Morgan fingerprint density at radius 1 is 0.617 bits per heavy atom. The van der Waals surface area contributed by atoms with E-state index in [9.17, 15) is 8.78 Å². The molecule has 4 aromatic rings. The normalized spacial score (nSPS) is 14.3. The van der Waals surface area contributed by atoms with Gasteiger partial charge in [-0.25, -0.2) is 35.1 Å². The van der Waals surface area contributed by atoms with Crippen LogP contribution < -0.4 is 4.43 Å².